The van der Waals surface area contributed by atoms with Crippen molar-refractivity contribution in [3.05, 3.63) is 47.1 Å². The van der Waals surface area contributed by atoms with Gasteiger partial charge in [-0.25, -0.2) is 19.9 Å². The van der Waals surface area contributed by atoms with Gasteiger partial charge in [-0.05, 0) is 25.9 Å². The molecule has 0 N–H and O–H groups in total. The molecule has 0 aromatic carbocycles. The van der Waals surface area contributed by atoms with Crippen LogP contribution >= 0.6 is 0 Å². The molecule has 2 aromatic heterocycles. The molecule has 1 saturated heterocycles. The highest BCUT2D eigenvalue weighted by Crippen LogP contribution is 2.28. The van der Waals surface area contributed by atoms with Crippen molar-refractivity contribution in [2.24, 2.45) is 0 Å². The van der Waals surface area contributed by atoms with Gasteiger partial charge < -0.3 is 4.90 Å². The fourth-order valence-electron chi connectivity index (χ4n) is 4.15. The van der Waals surface area contributed by atoms with E-state index in [1.165, 1.54) is 5.56 Å². The molecule has 7 nitrogen and oxygen atoms in total. The highest BCUT2D eigenvalue weighted by molar-refractivity contribution is 5.73. The van der Waals surface area contributed by atoms with E-state index in [1.807, 2.05) is 23.5 Å². The van der Waals surface area contributed by atoms with E-state index in [2.05, 4.69) is 33.7 Å². The van der Waals surface area contributed by atoms with Crippen LogP contribution in [0.2, 0.25) is 0 Å². The SMILES string of the molecule is CC(=O)N1CCc2nc(C3CCN(Cc4cnc(C(C)C)nc4)CC3)ncc2C1. The first-order valence-corrected chi connectivity index (χ1v) is 10.6. The second kappa shape index (κ2) is 8.53. The number of carbonyl (C=O) groups excluding carboxylic acids is 1. The molecule has 1 fully saturated rings. The van der Waals surface area contributed by atoms with E-state index in [0.717, 1.165) is 68.3 Å². The lowest BCUT2D eigenvalue weighted by atomic mass is 9.95. The Hall–Kier alpha value is -2.41. The lowest BCUT2D eigenvalue weighted by molar-refractivity contribution is -0.129. The minimum atomic E-state index is 0.122. The fourth-order valence-corrected chi connectivity index (χ4v) is 4.15. The highest BCUT2D eigenvalue weighted by atomic mass is 16.2. The summed E-state index contributed by atoms with van der Waals surface area (Å²) in [6.07, 6.45) is 8.84. The maximum absolute atomic E-state index is 11.6. The summed E-state index contributed by atoms with van der Waals surface area (Å²) in [5, 5.41) is 0. The zero-order valence-electron chi connectivity index (χ0n) is 17.6. The average Bonchev–Trinajstić information content (AvgIpc) is 2.74. The minimum absolute atomic E-state index is 0.122. The molecule has 2 aromatic rings. The van der Waals surface area contributed by atoms with Crippen LogP contribution in [0.5, 0.6) is 0 Å². The van der Waals surface area contributed by atoms with Crippen LogP contribution in [-0.2, 0) is 24.3 Å². The van der Waals surface area contributed by atoms with Crippen molar-refractivity contribution in [1.82, 2.24) is 29.7 Å². The standard InChI is InChI=1S/C22H30N6O/c1-15(2)21-23-10-17(11-24-21)13-27-7-4-18(5-8-27)22-25-12-19-14-28(16(3)29)9-6-20(19)26-22/h10-12,15,18H,4-9,13-14H2,1-3H3. The second-order valence-corrected chi connectivity index (χ2v) is 8.55. The Morgan fingerprint density at radius 2 is 1.83 bits per heavy atom. The van der Waals surface area contributed by atoms with E-state index in [9.17, 15) is 4.79 Å². The summed E-state index contributed by atoms with van der Waals surface area (Å²) in [5.41, 5.74) is 3.39. The molecule has 0 saturated carbocycles. The van der Waals surface area contributed by atoms with Crippen LogP contribution in [0, 0.1) is 0 Å². The zero-order valence-corrected chi connectivity index (χ0v) is 17.6. The number of carbonyl (C=O) groups is 1. The lowest BCUT2D eigenvalue weighted by Crippen LogP contribution is -2.36. The van der Waals surface area contributed by atoms with E-state index in [4.69, 9.17) is 4.98 Å². The topological polar surface area (TPSA) is 75.1 Å². The summed E-state index contributed by atoms with van der Waals surface area (Å²) < 4.78 is 0. The van der Waals surface area contributed by atoms with E-state index in [1.54, 1.807) is 6.92 Å². The zero-order chi connectivity index (χ0) is 20.4. The number of likely N-dealkylation sites (tertiary alicyclic amines) is 1. The maximum atomic E-state index is 11.6. The normalized spacial score (nSPS) is 18.1. The number of aromatic nitrogens is 4. The Labute approximate surface area is 172 Å². The van der Waals surface area contributed by atoms with Crippen molar-refractivity contribution in [2.75, 3.05) is 19.6 Å². The van der Waals surface area contributed by atoms with Crippen molar-refractivity contribution < 1.29 is 4.79 Å². The van der Waals surface area contributed by atoms with Crippen molar-refractivity contribution in [3.63, 3.8) is 0 Å². The first-order chi connectivity index (χ1) is 14.0. The number of amides is 1. The molecule has 0 radical (unpaired) electrons. The number of hydrogen-bond donors (Lipinski definition) is 0. The van der Waals surface area contributed by atoms with Crippen molar-refractivity contribution in [2.45, 2.75) is 65.0 Å². The van der Waals surface area contributed by atoms with Crippen LogP contribution in [0.3, 0.4) is 0 Å². The predicted molar refractivity (Wildman–Crippen MR) is 110 cm³/mol. The number of nitrogens with zero attached hydrogens (tertiary/aromatic N) is 6. The van der Waals surface area contributed by atoms with Gasteiger partial charge >= 0.3 is 0 Å². The minimum Gasteiger partial charge on any atom is -0.338 e. The Balaban J connectivity index is 1.33. The number of fused-ring (bicyclic) bond motifs is 1. The monoisotopic (exact) mass is 394 g/mol. The van der Waals surface area contributed by atoms with Crippen LogP contribution in [-0.4, -0.2) is 55.3 Å². The van der Waals surface area contributed by atoms with Gasteiger partial charge in [0.15, 0.2) is 0 Å². The first kappa shape index (κ1) is 19.9. The van der Waals surface area contributed by atoms with Crippen molar-refractivity contribution >= 4 is 5.91 Å². The van der Waals surface area contributed by atoms with Gasteiger partial charge in [0.05, 0.1) is 5.69 Å². The van der Waals surface area contributed by atoms with Gasteiger partial charge in [-0.15, -0.1) is 0 Å². The maximum Gasteiger partial charge on any atom is 0.219 e. The summed E-state index contributed by atoms with van der Waals surface area (Å²) in [5.74, 6) is 2.79. The summed E-state index contributed by atoms with van der Waals surface area (Å²) in [6.45, 7) is 10.2. The van der Waals surface area contributed by atoms with Gasteiger partial charge in [0, 0.05) is 74.5 Å². The van der Waals surface area contributed by atoms with E-state index >= 15 is 0 Å². The van der Waals surface area contributed by atoms with Gasteiger partial charge in [0.2, 0.25) is 5.91 Å². The van der Waals surface area contributed by atoms with Crippen molar-refractivity contribution in [1.29, 1.82) is 0 Å². The molecule has 0 spiro atoms. The number of rotatable bonds is 4. The highest BCUT2D eigenvalue weighted by Gasteiger charge is 2.25. The molecule has 0 aliphatic carbocycles. The molecular formula is C22H30N6O. The van der Waals surface area contributed by atoms with Gasteiger partial charge in [-0.2, -0.15) is 0 Å². The molecule has 0 unspecified atom stereocenters. The largest absolute Gasteiger partial charge is 0.338 e. The number of piperidine rings is 1. The van der Waals surface area contributed by atoms with Gasteiger partial charge in [0.25, 0.3) is 0 Å². The summed E-state index contributed by atoms with van der Waals surface area (Å²) in [6, 6.07) is 0. The summed E-state index contributed by atoms with van der Waals surface area (Å²) >= 11 is 0. The molecule has 4 rings (SSSR count). The molecule has 154 valence electrons. The average molecular weight is 395 g/mol. The molecule has 0 bridgehead atoms. The third kappa shape index (κ3) is 4.61. The fraction of sp³-hybridized carbons (Fsp3) is 0.591. The Bertz CT molecular complexity index is 858. The molecule has 1 amide bonds. The summed E-state index contributed by atoms with van der Waals surface area (Å²) in [7, 11) is 0. The third-order valence-electron chi connectivity index (χ3n) is 6.00. The molecular weight excluding hydrogens is 364 g/mol. The first-order valence-electron chi connectivity index (χ1n) is 10.6. The van der Waals surface area contributed by atoms with Crippen LogP contribution in [0.1, 0.15) is 73.9 Å². The van der Waals surface area contributed by atoms with Crippen LogP contribution in [0.15, 0.2) is 18.6 Å². The Morgan fingerprint density at radius 3 is 2.48 bits per heavy atom. The van der Waals surface area contributed by atoms with E-state index in [-0.39, 0.29) is 5.91 Å². The van der Waals surface area contributed by atoms with E-state index in [0.29, 0.717) is 18.4 Å². The lowest BCUT2D eigenvalue weighted by Gasteiger charge is -2.32. The molecule has 7 heteroatoms. The molecule has 0 atom stereocenters. The third-order valence-corrected chi connectivity index (χ3v) is 6.00. The quantitative estimate of drug-likeness (QED) is 0.794. The van der Waals surface area contributed by atoms with Gasteiger partial charge in [0.1, 0.15) is 11.6 Å². The van der Waals surface area contributed by atoms with Crippen LogP contribution in [0.4, 0.5) is 0 Å². The predicted octanol–water partition coefficient (Wildman–Crippen LogP) is 2.67. The number of hydrogen-bond acceptors (Lipinski definition) is 6. The van der Waals surface area contributed by atoms with Crippen LogP contribution in [0.25, 0.3) is 0 Å². The molecule has 4 heterocycles. The van der Waals surface area contributed by atoms with Gasteiger partial charge in [-0.1, -0.05) is 13.8 Å². The Kier molecular flexibility index (Phi) is 5.85. The van der Waals surface area contributed by atoms with Crippen molar-refractivity contribution in [3.8, 4) is 0 Å². The second-order valence-electron chi connectivity index (χ2n) is 8.55. The molecule has 29 heavy (non-hydrogen) atoms. The Morgan fingerprint density at radius 1 is 1.10 bits per heavy atom. The van der Waals surface area contributed by atoms with E-state index < -0.39 is 0 Å². The smallest absolute Gasteiger partial charge is 0.219 e. The van der Waals surface area contributed by atoms with Crippen LogP contribution < -0.4 is 0 Å². The van der Waals surface area contributed by atoms with Gasteiger partial charge in [-0.3, -0.25) is 9.69 Å². The molecule has 2 aliphatic heterocycles. The molecule has 2 aliphatic rings. The summed E-state index contributed by atoms with van der Waals surface area (Å²) in [4.78, 5) is 34.4.